The van der Waals surface area contributed by atoms with Gasteiger partial charge in [-0.05, 0) is 11.1 Å². The van der Waals surface area contributed by atoms with E-state index in [9.17, 15) is 4.79 Å². The quantitative estimate of drug-likeness (QED) is 0.609. The van der Waals surface area contributed by atoms with E-state index in [2.05, 4.69) is 34.7 Å². The van der Waals surface area contributed by atoms with Crippen LogP contribution in [0.25, 0.3) is 0 Å². The van der Waals surface area contributed by atoms with Crippen molar-refractivity contribution in [1.82, 2.24) is 5.16 Å². The molecule has 0 saturated carbocycles. The van der Waals surface area contributed by atoms with Gasteiger partial charge in [-0.1, -0.05) is 60.7 Å². The number of rotatable bonds is 4. The van der Waals surface area contributed by atoms with E-state index >= 15 is 0 Å². The van der Waals surface area contributed by atoms with Gasteiger partial charge in [0.25, 0.3) is 5.56 Å². The maximum Gasteiger partial charge on any atom is 0.284 e. The van der Waals surface area contributed by atoms with E-state index in [1.165, 1.54) is 0 Å². The Kier molecular flexibility index (Phi) is 6.12. The van der Waals surface area contributed by atoms with Crippen LogP contribution in [0.15, 0.2) is 70.0 Å². The second-order valence-electron chi connectivity index (χ2n) is 6.71. The Morgan fingerprint density at radius 2 is 1.46 bits per heavy atom. The summed E-state index contributed by atoms with van der Waals surface area (Å²) < 4.78 is 5.71. The fourth-order valence-corrected chi connectivity index (χ4v) is 3.91. The molecule has 0 aliphatic carbocycles. The van der Waals surface area contributed by atoms with Crippen LogP contribution >= 0.6 is 0 Å². The van der Waals surface area contributed by atoms with Gasteiger partial charge in [0, 0.05) is 24.7 Å². The number of nitrogens with one attached hydrogen (secondary N) is 1. The molecule has 3 N–H and O–H groups in total. The molecule has 0 atom stereocenters. The second-order valence-corrected chi connectivity index (χ2v) is 6.71. The van der Waals surface area contributed by atoms with Gasteiger partial charge in [-0.2, -0.15) is 5.16 Å². The van der Waals surface area contributed by atoms with Gasteiger partial charge in [-0.15, -0.1) is 0 Å². The van der Waals surface area contributed by atoms with E-state index < -0.39 is 0 Å². The first kappa shape index (κ1) is 18.7. The molecule has 4 rings (SSSR count). The molecule has 26 heavy (non-hydrogen) atoms. The van der Waals surface area contributed by atoms with Crippen LogP contribution < -0.4 is 27.9 Å². The monoisotopic (exact) mass is 414 g/mol. The minimum absolute atomic E-state index is 0. The van der Waals surface area contributed by atoms with E-state index in [0.717, 1.165) is 48.4 Å². The molecule has 1 aliphatic rings. The van der Waals surface area contributed by atoms with Gasteiger partial charge in [-0.25, -0.2) is 0 Å². The van der Waals surface area contributed by atoms with E-state index in [1.807, 2.05) is 36.4 Å². The first-order valence-corrected chi connectivity index (χ1v) is 8.97. The molecule has 2 heterocycles. The first-order valence-electron chi connectivity index (χ1n) is 8.97. The Labute approximate surface area is 163 Å². The van der Waals surface area contributed by atoms with Crippen LogP contribution in [0.3, 0.4) is 0 Å². The van der Waals surface area contributed by atoms with Gasteiger partial charge < -0.3 is 26.8 Å². The average molecular weight is 415 g/mol. The fourth-order valence-electron chi connectivity index (χ4n) is 3.91. The molecule has 0 amide bonds. The molecule has 136 valence electrons. The SMILES string of the molecule is O=c1[nH]oc(C2CC[NH2+]CC2)c1C(c1ccccc1)c1ccccc1.[Br-]. The molecule has 0 bridgehead atoms. The summed E-state index contributed by atoms with van der Waals surface area (Å²) in [5, 5.41) is 4.94. The Morgan fingerprint density at radius 3 is 2.00 bits per heavy atom. The van der Waals surface area contributed by atoms with Crippen LogP contribution in [-0.2, 0) is 0 Å². The summed E-state index contributed by atoms with van der Waals surface area (Å²) in [6, 6.07) is 20.4. The molecule has 1 aliphatic heterocycles. The van der Waals surface area contributed by atoms with Crippen molar-refractivity contribution < 1.29 is 26.8 Å². The molecule has 1 aromatic heterocycles. The minimum Gasteiger partial charge on any atom is -1.00 e. The fraction of sp³-hybridized carbons (Fsp3) is 0.286. The molecule has 0 spiro atoms. The standard InChI is InChI=1S/C21H22N2O2.BrH/c24-21-19(20(25-23-21)17-11-13-22-14-12-17)18(15-7-3-1-4-8-15)16-9-5-2-6-10-16;/h1-10,17-18,22H,11-14H2,(H,23,24);1H. The van der Waals surface area contributed by atoms with Gasteiger partial charge in [0.15, 0.2) is 0 Å². The Bertz CT molecular complexity index is 828. The lowest BCUT2D eigenvalue weighted by Crippen LogP contribution is -3.00. The molecular weight excluding hydrogens is 392 g/mol. The number of H-pyrrole nitrogens is 1. The third-order valence-electron chi connectivity index (χ3n) is 5.13. The molecule has 0 radical (unpaired) electrons. The highest BCUT2D eigenvalue weighted by molar-refractivity contribution is 5.44. The minimum atomic E-state index is -0.109. The van der Waals surface area contributed by atoms with Crippen molar-refractivity contribution in [3.63, 3.8) is 0 Å². The summed E-state index contributed by atoms with van der Waals surface area (Å²) in [6.07, 6.45) is 2.09. The third-order valence-corrected chi connectivity index (χ3v) is 5.13. The lowest BCUT2D eigenvalue weighted by molar-refractivity contribution is -0.663. The summed E-state index contributed by atoms with van der Waals surface area (Å²) in [6.45, 7) is 2.17. The highest BCUT2D eigenvalue weighted by atomic mass is 79.9. The van der Waals surface area contributed by atoms with Crippen LogP contribution in [-0.4, -0.2) is 18.2 Å². The number of benzene rings is 2. The number of aromatic amines is 1. The zero-order valence-electron chi connectivity index (χ0n) is 14.5. The first-order chi connectivity index (χ1) is 12.3. The van der Waals surface area contributed by atoms with E-state index in [0.29, 0.717) is 5.92 Å². The van der Waals surface area contributed by atoms with Crippen molar-refractivity contribution in [2.24, 2.45) is 0 Å². The Morgan fingerprint density at radius 1 is 0.923 bits per heavy atom. The Hall–Kier alpha value is -2.11. The summed E-state index contributed by atoms with van der Waals surface area (Å²) in [7, 11) is 0. The third kappa shape index (κ3) is 3.69. The van der Waals surface area contributed by atoms with Crippen LogP contribution in [0, 0.1) is 0 Å². The van der Waals surface area contributed by atoms with Crippen molar-refractivity contribution in [2.45, 2.75) is 24.7 Å². The van der Waals surface area contributed by atoms with Gasteiger partial charge in [0.1, 0.15) is 5.76 Å². The van der Waals surface area contributed by atoms with Gasteiger partial charge >= 0.3 is 0 Å². The van der Waals surface area contributed by atoms with E-state index in [4.69, 9.17) is 4.52 Å². The van der Waals surface area contributed by atoms with Crippen molar-refractivity contribution in [3.8, 4) is 0 Å². The maximum absolute atomic E-state index is 12.7. The zero-order valence-corrected chi connectivity index (χ0v) is 16.1. The summed E-state index contributed by atoms with van der Waals surface area (Å²) in [5.74, 6) is 1.05. The number of hydrogen-bond acceptors (Lipinski definition) is 2. The molecule has 1 fully saturated rings. The lowest BCUT2D eigenvalue weighted by atomic mass is 9.82. The Balaban J connectivity index is 0.00000196. The number of nitrogens with two attached hydrogens (primary N) is 1. The molecule has 3 aromatic rings. The second kappa shape index (κ2) is 8.52. The van der Waals surface area contributed by atoms with Crippen molar-refractivity contribution in [3.05, 3.63) is 93.5 Å². The molecule has 1 saturated heterocycles. The summed E-state index contributed by atoms with van der Waals surface area (Å²) in [4.78, 5) is 12.7. The molecule has 0 unspecified atom stereocenters. The summed E-state index contributed by atoms with van der Waals surface area (Å²) in [5.41, 5.74) is 2.89. The predicted molar refractivity (Wildman–Crippen MR) is 96.8 cm³/mol. The number of aromatic nitrogens is 1. The van der Waals surface area contributed by atoms with Gasteiger partial charge in [0.2, 0.25) is 0 Å². The molecular formula is C21H23BrN2O2. The van der Waals surface area contributed by atoms with Crippen LogP contribution in [0.1, 0.15) is 47.1 Å². The smallest absolute Gasteiger partial charge is 0.284 e. The number of hydrogen-bond donors (Lipinski definition) is 2. The van der Waals surface area contributed by atoms with E-state index in [-0.39, 0.29) is 28.5 Å². The van der Waals surface area contributed by atoms with Gasteiger partial charge in [-0.3, -0.25) is 4.79 Å². The number of halogens is 1. The summed E-state index contributed by atoms with van der Waals surface area (Å²) >= 11 is 0. The van der Waals surface area contributed by atoms with Crippen molar-refractivity contribution >= 4 is 0 Å². The highest BCUT2D eigenvalue weighted by Crippen LogP contribution is 2.36. The van der Waals surface area contributed by atoms with Gasteiger partial charge in [0.05, 0.1) is 18.7 Å². The van der Waals surface area contributed by atoms with Crippen LogP contribution in [0.5, 0.6) is 0 Å². The topological polar surface area (TPSA) is 62.6 Å². The lowest BCUT2D eigenvalue weighted by Gasteiger charge is -2.22. The maximum atomic E-state index is 12.7. The van der Waals surface area contributed by atoms with Crippen LogP contribution in [0.2, 0.25) is 0 Å². The van der Waals surface area contributed by atoms with Crippen molar-refractivity contribution in [1.29, 1.82) is 0 Å². The predicted octanol–water partition coefficient (Wildman–Crippen LogP) is -0.407. The van der Waals surface area contributed by atoms with Crippen molar-refractivity contribution in [2.75, 3.05) is 13.1 Å². The number of quaternary nitrogens is 1. The molecule has 5 heteroatoms. The van der Waals surface area contributed by atoms with Crippen LogP contribution in [0.4, 0.5) is 0 Å². The zero-order chi connectivity index (χ0) is 17.1. The number of piperidine rings is 1. The highest BCUT2D eigenvalue weighted by Gasteiger charge is 2.31. The average Bonchev–Trinajstić information content (AvgIpc) is 3.06. The largest absolute Gasteiger partial charge is 1.00 e. The van der Waals surface area contributed by atoms with E-state index in [1.54, 1.807) is 0 Å². The molecule has 4 nitrogen and oxygen atoms in total. The normalized spacial score (nSPS) is 15.0. The molecule has 2 aromatic carbocycles.